The number of thioether (sulfide) groups is 1. The van der Waals surface area contributed by atoms with Crippen LogP contribution in [0.5, 0.6) is 0 Å². The lowest BCUT2D eigenvalue weighted by molar-refractivity contribution is 0.0601. The topological polar surface area (TPSA) is 64.1 Å². The minimum absolute atomic E-state index is 0.0911. The molecule has 5 nitrogen and oxygen atoms in total. The third kappa shape index (κ3) is 4.11. The van der Waals surface area contributed by atoms with Gasteiger partial charge in [0.25, 0.3) is 0 Å². The Morgan fingerprint density at radius 3 is 2.68 bits per heavy atom. The second kappa shape index (κ2) is 8.00. The molecule has 0 saturated carbocycles. The summed E-state index contributed by atoms with van der Waals surface area (Å²) >= 11 is 7.43. The maximum atomic E-state index is 11.9. The summed E-state index contributed by atoms with van der Waals surface area (Å²) in [6.45, 7) is 0.620. The van der Waals surface area contributed by atoms with E-state index in [0.717, 1.165) is 6.42 Å². The number of methoxy groups -OCH3 is 1. The van der Waals surface area contributed by atoms with E-state index in [9.17, 15) is 4.79 Å². The number of carbonyl (C=O) groups excluding carboxylic acids is 1. The van der Waals surface area contributed by atoms with Crippen molar-refractivity contribution >= 4 is 35.1 Å². The average Bonchev–Trinajstić information content (AvgIpc) is 2.54. The Morgan fingerprint density at radius 1 is 1.32 bits per heavy atom. The quantitative estimate of drug-likeness (QED) is 0.377. The molecule has 1 aromatic carbocycles. The van der Waals surface area contributed by atoms with Crippen LogP contribution in [-0.2, 0) is 11.2 Å². The van der Waals surface area contributed by atoms with Crippen LogP contribution in [0.3, 0.4) is 0 Å². The van der Waals surface area contributed by atoms with Crippen LogP contribution in [0.2, 0.25) is 5.15 Å². The third-order valence-electron chi connectivity index (χ3n) is 2.97. The number of hydrogen-bond acceptors (Lipinski definition) is 6. The molecule has 0 aliphatic carbocycles. The van der Waals surface area contributed by atoms with Gasteiger partial charge in [-0.1, -0.05) is 53.7 Å². The van der Waals surface area contributed by atoms with Gasteiger partial charge in [-0.3, -0.25) is 0 Å². The van der Waals surface area contributed by atoms with Crippen molar-refractivity contribution in [1.82, 2.24) is 9.97 Å². The summed E-state index contributed by atoms with van der Waals surface area (Å²) in [6.07, 6.45) is 2.65. The molecule has 22 heavy (non-hydrogen) atoms. The summed E-state index contributed by atoms with van der Waals surface area (Å²) in [5.74, 6) is -0.160. The van der Waals surface area contributed by atoms with Gasteiger partial charge < -0.3 is 10.1 Å². The van der Waals surface area contributed by atoms with E-state index >= 15 is 0 Å². The molecule has 1 aromatic heterocycles. The molecule has 0 aliphatic heterocycles. The fraction of sp³-hybridized carbons (Fsp3) is 0.267. The van der Waals surface area contributed by atoms with Crippen molar-refractivity contribution in [3.63, 3.8) is 0 Å². The molecule has 0 amide bonds. The van der Waals surface area contributed by atoms with E-state index in [2.05, 4.69) is 15.3 Å². The van der Waals surface area contributed by atoms with E-state index < -0.39 is 5.97 Å². The lowest BCUT2D eigenvalue weighted by Crippen LogP contribution is -2.14. The minimum atomic E-state index is -0.556. The standard InChI is InChI=1S/C15H16ClN3O2S/c1-21-14(20)11-12(16)18-15(22-2)19-13(11)17-9-8-10-6-4-3-5-7-10/h3-7H,8-9H2,1-2H3,(H,17,18,19). The summed E-state index contributed by atoms with van der Waals surface area (Å²) in [4.78, 5) is 20.2. The zero-order valence-electron chi connectivity index (χ0n) is 12.3. The Morgan fingerprint density at radius 2 is 2.05 bits per heavy atom. The summed E-state index contributed by atoms with van der Waals surface area (Å²) in [5.41, 5.74) is 1.36. The number of nitrogens with one attached hydrogen (secondary N) is 1. The molecule has 1 heterocycles. The molecule has 0 saturated heterocycles. The summed E-state index contributed by atoms with van der Waals surface area (Å²) in [7, 11) is 1.30. The first kappa shape index (κ1) is 16.6. The molecule has 0 spiro atoms. The van der Waals surface area contributed by atoms with E-state index in [1.54, 1.807) is 0 Å². The van der Waals surface area contributed by atoms with Gasteiger partial charge in [0.1, 0.15) is 16.5 Å². The molecular weight excluding hydrogens is 322 g/mol. The van der Waals surface area contributed by atoms with Crippen molar-refractivity contribution in [1.29, 1.82) is 0 Å². The van der Waals surface area contributed by atoms with Gasteiger partial charge in [0, 0.05) is 6.54 Å². The van der Waals surface area contributed by atoms with E-state index in [4.69, 9.17) is 16.3 Å². The second-order valence-corrected chi connectivity index (χ2v) is 5.51. The highest BCUT2D eigenvalue weighted by Crippen LogP contribution is 2.25. The number of benzene rings is 1. The van der Waals surface area contributed by atoms with E-state index in [1.165, 1.54) is 24.4 Å². The lowest BCUT2D eigenvalue weighted by atomic mass is 10.1. The van der Waals surface area contributed by atoms with Crippen LogP contribution in [0, 0.1) is 0 Å². The Bertz CT molecular complexity index is 653. The molecular formula is C15H16ClN3O2S. The van der Waals surface area contributed by atoms with E-state index in [-0.39, 0.29) is 10.7 Å². The molecule has 116 valence electrons. The smallest absolute Gasteiger partial charge is 0.344 e. The molecule has 0 bridgehead atoms. The molecule has 0 fully saturated rings. The van der Waals surface area contributed by atoms with E-state index in [0.29, 0.717) is 17.5 Å². The van der Waals surface area contributed by atoms with Crippen LogP contribution in [0.15, 0.2) is 35.5 Å². The predicted octanol–water partition coefficient (Wildman–Crippen LogP) is 3.29. The highest BCUT2D eigenvalue weighted by Gasteiger charge is 2.20. The van der Waals surface area contributed by atoms with Crippen molar-refractivity contribution < 1.29 is 9.53 Å². The predicted molar refractivity (Wildman–Crippen MR) is 88.8 cm³/mol. The Labute approximate surface area is 138 Å². The highest BCUT2D eigenvalue weighted by molar-refractivity contribution is 7.98. The molecule has 2 rings (SSSR count). The largest absolute Gasteiger partial charge is 0.465 e. The first-order chi connectivity index (χ1) is 10.7. The molecule has 0 radical (unpaired) electrons. The van der Waals surface area contributed by atoms with Crippen molar-refractivity contribution in [2.75, 3.05) is 25.2 Å². The number of ether oxygens (including phenoxy) is 1. The summed E-state index contributed by atoms with van der Waals surface area (Å²) in [5, 5.41) is 3.73. The van der Waals surface area contributed by atoms with Crippen LogP contribution in [0.1, 0.15) is 15.9 Å². The van der Waals surface area contributed by atoms with Gasteiger partial charge >= 0.3 is 5.97 Å². The number of esters is 1. The minimum Gasteiger partial charge on any atom is -0.465 e. The average molecular weight is 338 g/mol. The second-order valence-electron chi connectivity index (χ2n) is 4.38. The van der Waals surface area contributed by atoms with Crippen molar-refractivity contribution in [2.24, 2.45) is 0 Å². The summed E-state index contributed by atoms with van der Waals surface area (Å²) in [6, 6.07) is 10.0. The zero-order valence-corrected chi connectivity index (χ0v) is 13.9. The number of aromatic nitrogens is 2. The van der Waals surface area contributed by atoms with Gasteiger partial charge in [0.2, 0.25) is 0 Å². The first-order valence-corrected chi connectivity index (χ1v) is 8.23. The van der Waals surface area contributed by atoms with Gasteiger partial charge in [-0.2, -0.15) is 0 Å². The van der Waals surface area contributed by atoms with Crippen LogP contribution in [0.25, 0.3) is 0 Å². The van der Waals surface area contributed by atoms with Crippen LogP contribution in [0.4, 0.5) is 5.82 Å². The van der Waals surface area contributed by atoms with Crippen LogP contribution >= 0.6 is 23.4 Å². The maximum Gasteiger partial charge on any atom is 0.344 e. The fourth-order valence-electron chi connectivity index (χ4n) is 1.89. The fourth-order valence-corrected chi connectivity index (χ4v) is 2.55. The van der Waals surface area contributed by atoms with Crippen molar-refractivity contribution in [2.45, 2.75) is 11.6 Å². The van der Waals surface area contributed by atoms with E-state index in [1.807, 2.05) is 36.6 Å². The molecule has 0 aliphatic rings. The maximum absolute atomic E-state index is 11.9. The molecule has 0 unspecified atom stereocenters. The normalized spacial score (nSPS) is 10.3. The molecule has 0 atom stereocenters. The molecule has 7 heteroatoms. The van der Waals surface area contributed by atoms with Crippen LogP contribution in [-0.4, -0.2) is 35.8 Å². The zero-order chi connectivity index (χ0) is 15.9. The van der Waals surface area contributed by atoms with Gasteiger partial charge in [0.15, 0.2) is 5.16 Å². The number of hydrogen-bond donors (Lipinski definition) is 1. The number of halogens is 1. The van der Waals surface area contributed by atoms with Gasteiger partial charge in [-0.05, 0) is 18.2 Å². The number of anilines is 1. The third-order valence-corrected chi connectivity index (χ3v) is 3.79. The van der Waals surface area contributed by atoms with Crippen LogP contribution < -0.4 is 5.32 Å². The Balaban J connectivity index is 2.17. The number of carbonyl (C=O) groups is 1. The Kier molecular flexibility index (Phi) is 6.03. The van der Waals surface area contributed by atoms with Gasteiger partial charge in [-0.15, -0.1) is 0 Å². The molecule has 1 N–H and O–H groups in total. The molecule has 2 aromatic rings. The number of nitrogens with zero attached hydrogens (tertiary/aromatic N) is 2. The Hall–Kier alpha value is -1.79. The number of rotatable bonds is 6. The highest BCUT2D eigenvalue weighted by atomic mass is 35.5. The summed E-state index contributed by atoms with van der Waals surface area (Å²) < 4.78 is 4.75. The van der Waals surface area contributed by atoms with Gasteiger partial charge in [0.05, 0.1) is 7.11 Å². The monoisotopic (exact) mass is 337 g/mol. The SMILES string of the molecule is COC(=O)c1c(Cl)nc(SC)nc1NCCc1ccccc1. The lowest BCUT2D eigenvalue weighted by Gasteiger charge is -2.12. The van der Waals surface area contributed by atoms with Crippen molar-refractivity contribution in [3.8, 4) is 0 Å². The van der Waals surface area contributed by atoms with Gasteiger partial charge in [-0.25, -0.2) is 14.8 Å². The first-order valence-electron chi connectivity index (χ1n) is 6.63. The van der Waals surface area contributed by atoms with Crippen molar-refractivity contribution in [3.05, 3.63) is 46.6 Å².